The molecule has 4 nitrogen and oxygen atoms in total. The predicted molar refractivity (Wildman–Crippen MR) is 102 cm³/mol. The molecule has 1 N–H and O–H groups in total. The first kappa shape index (κ1) is 18.5. The van der Waals surface area contributed by atoms with Crippen LogP contribution in [-0.4, -0.2) is 25.7 Å². The fraction of sp³-hybridized carbons (Fsp3) is 0.409. The van der Waals surface area contributed by atoms with Crippen LogP contribution in [-0.2, 0) is 22.6 Å². The van der Waals surface area contributed by atoms with E-state index in [1.54, 1.807) is 0 Å². The van der Waals surface area contributed by atoms with Crippen molar-refractivity contribution in [3.05, 3.63) is 65.2 Å². The van der Waals surface area contributed by atoms with Crippen molar-refractivity contribution in [2.24, 2.45) is 5.92 Å². The van der Waals surface area contributed by atoms with Gasteiger partial charge in [-0.15, -0.1) is 0 Å². The Morgan fingerprint density at radius 1 is 1.15 bits per heavy atom. The Balaban J connectivity index is 1.41. The third-order valence-corrected chi connectivity index (χ3v) is 4.54. The number of hydrogen-bond acceptors (Lipinski definition) is 3. The van der Waals surface area contributed by atoms with E-state index >= 15 is 0 Å². The van der Waals surface area contributed by atoms with E-state index in [-0.39, 0.29) is 5.91 Å². The fourth-order valence-corrected chi connectivity index (χ4v) is 2.72. The SMILES string of the molecule is Cc1ccccc1COc1cccc(CC(=O)NCCOCC2CC2)c1. The molecule has 0 bridgehead atoms. The second kappa shape index (κ2) is 9.39. The molecule has 0 radical (unpaired) electrons. The lowest BCUT2D eigenvalue weighted by molar-refractivity contribution is -0.120. The van der Waals surface area contributed by atoms with Crippen molar-refractivity contribution in [2.45, 2.75) is 32.8 Å². The highest BCUT2D eigenvalue weighted by atomic mass is 16.5. The van der Waals surface area contributed by atoms with Gasteiger partial charge in [0.1, 0.15) is 12.4 Å². The number of hydrogen-bond donors (Lipinski definition) is 1. The summed E-state index contributed by atoms with van der Waals surface area (Å²) in [6.45, 7) is 4.58. The zero-order valence-electron chi connectivity index (χ0n) is 15.4. The molecule has 2 aromatic rings. The van der Waals surface area contributed by atoms with E-state index in [4.69, 9.17) is 9.47 Å². The molecular formula is C22H27NO3. The first-order chi connectivity index (χ1) is 12.7. The first-order valence-corrected chi connectivity index (χ1v) is 9.31. The number of carbonyl (C=O) groups is 1. The van der Waals surface area contributed by atoms with Crippen molar-refractivity contribution < 1.29 is 14.3 Å². The van der Waals surface area contributed by atoms with Gasteiger partial charge in [0.05, 0.1) is 13.0 Å². The van der Waals surface area contributed by atoms with Crippen LogP contribution in [0, 0.1) is 12.8 Å². The summed E-state index contributed by atoms with van der Waals surface area (Å²) in [4.78, 5) is 12.0. The molecule has 138 valence electrons. The molecule has 3 rings (SSSR count). The van der Waals surface area contributed by atoms with Crippen molar-refractivity contribution >= 4 is 5.91 Å². The lowest BCUT2D eigenvalue weighted by Gasteiger charge is -2.10. The van der Waals surface area contributed by atoms with E-state index < -0.39 is 0 Å². The minimum Gasteiger partial charge on any atom is -0.489 e. The first-order valence-electron chi connectivity index (χ1n) is 9.31. The van der Waals surface area contributed by atoms with Crippen molar-refractivity contribution in [1.29, 1.82) is 0 Å². The maximum Gasteiger partial charge on any atom is 0.224 e. The second-order valence-corrected chi connectivity index (χ2v) is 6.91. The van der Waals surface area contributed by atoms with E-state index in [1.807, 2.05) is 36.4 Å². The van der Waals surface area contributed by atoms with Crippen LogP contribution in [0.4, 0.5) is 0 Å². The Morgan fingerprint density at radius 3 is 2.81 bits per heavy atom. The molecule has 0 aromatic heterocycles. The molecule has 2 aromatic carbocycles. The molecule has 0 unspecified atom stereocenters. The molecule has 0 atom stereocenters. The van der Waals surface area contributed by atoms with Gasteiger partial charge >= 0.3 is 0 Å². The zero-order valence-corrected chi connectivity index (χ0v) is 15.4. The number of aryl methyl sites for hydroxylation is 1. The largest absolute Gasteiger partial charge is 0.489 e. The lowest BCUT2D eigenvalue weighted by atomic mass is 10.1. The van der Waals surface area contributed by atoms with E-state index in [0.717, 1.165) is 23.8 Å². The molecule has 1 saturated carbocycles. The van der Waals surface area contributed by atoms with Gasteiger partial charge in [-0.25, -0.2) is 0 Å². The summed E-state index contributed by atoms with van der Waals surface area (Å²) < 4.78 is 11.4. The van der Waals surface area contributed by atoms with E-state index in [2.05, 4.69) is 24.4 Å². The summed E-state index contributed by atoms with van der Waals surface area (Å²) in [7, 11) is 0. The van der Waals surface area contributed by atoms with Crippen molar-refractivity contribution in [3.63, 3.8) is 0 Å². The normalized spacial score (nSPS) is 13.4. The quantitative estimate of drug-likeness (QED) is 0.663. The van der Waals surface area contributed by atoms with Gasteiger partial charge in [-0.05, 0) is 54.5 Å². The van der Waals surface area contributed by atoms with Gasteiger partial charge in [0.25, 0.3) is 0 Å². The molecule has 1 aliphatic rings. The summed E-state index contributed by atoms with van der Waals surface area (Å²) in [6.07, 6.45) is 2.92. The van der Waals surface area contributed by atoms with E-state index in [1.165, 1.54) is 24.0 Å². The Kier molecular flexibility index (Phi) is 6.67. The summed E-state index contributed by atoms with van der Waals surface area (Å²) in [6, 6.07) is 15.9. The third kappa shape index (κ3) is 6.19. The molecule has 0 spiro atoms. The van der Waals surface area contributed by atoms with Crippen LogP contribution in [0.2, 0.25) is 0 Å². The molecule has 0 saturated heterocycles. The third-order valence-electron chi connectivity index (χ3n) is 4.54. The monoisotopic (exact) mass is 353 g/mol. The summed E-state index contributed by atoms with van der Waals surface area (Å²) in [5.41, 5.74) is 3.33. The van der Waals surface area contributed by atoms with Gasteiger partial charge < -0.3 is 14.8 Å². The summed E-state index contributed by atoms with van der Waals surface area (Å²) >= 11 is 0. The van der Waals surface area contributed by atoms with Crippen LogP contribution in [0.3, 0.4) is 0 Å². The Morgan fingerprint density at radius 2 is 2.00 bits per heavy atom. The van der Waals surface area contributed by atoms with Crippen LogP contribution in [0.25, 0.3) is 0 Å². The number of benzene rings is 2. The maximum absolute atomic E-state index is 12.0. The fourth-order valence-electron chi connectivity index (χ4n) is 2.72. The molecule has 0 aliphatic heterocycles. The molecule has 1 fully saturated rings. The van der Waals surface area contributed by atoms with Crippen LogP contribution < -0.4 is 10.1 Å². The predicted octanol–water partition coefficient (Wildman–Crippen LogP) is 3.66. The van der Waals surface area contributed by atoms with Gasteiger partial charge in [0.15, 0.2) is 0 Å². The highest BCUT2D eigenvalue weighted by molar-refractivity contribution is 5.78. The number of ether oxygens (including phenoxy) is 2. The molecule has 26 heavy (non-hydrogen) atoms. The van der Waals surface area contributed by atoms with Gasteiger partial charge in [-0.3, -0.25) is 4.79 Å². The lowest BCUT2D eigenvalue weighted by Crippen LogP contribution is -2.28. The molecule has 4 heteroatoms. The van der Waals surface area contributed by atoms with E-state index in [0.29, 0.717) is 26.2 Å². The summed E-state index contributed by atoms with van der Waals surface area (Å²) in [5, 5.41) is 2.91. The number of carbonyl (C=O) groups excluding carboxylic acids is 1. The summed E-state index contributed by atoms with van der Waals surface area (Å²) in [5.74, 6) is 1.55. The van der Waals surface area contributed by atoms with Crippen molar-refractivity contribution in [2.75, 3.05) is 19.8 Å². The molecule has 0 heterocycles. The van der Waals surface area contributed by atoms with Gasteiger partial charge in [-0.2, -0.15) is 0 Å². The standard InChI is InChI=1S/C22H27NO3/c1-17-5-2-3-7-20(17)16-26-21-8-4-6-19(13-21)14-22(24)23-11-12-25-15-18-9-10-18/h2-8,13,18H,9-12,14-16H2,1H3,(H,23,24). The Labute approximate surface area is 155 Å². The van der Waals surface area contributed by atoms with Gasteiger partial charge in [0.2, 0.25) is 5.91 Å². The number of amides is 1. The van der Waals surface area contributed by atoms with Gasteiger partial charge in [-0.1, -0.05) is 36.4 Å². The average Bonchev–Trinajstić information content (AvgIpc) is 3.45. The number of nitrogens with one attached hydrogen (secondary N) is 1. The maximum atomic E-state index is 12.0. The van der Waals surface area contributed by atoms with Crippen LogP contribution >= 0.6 is 0 Å². The highest BCUT2D eigenvalue weighted by Gasteiger charge is 2.20. The topological polar surface area (TPSA) is 47.6 Å². The highest BCUT2D eigenvalue weighted by Crippen LogP contribution is 2.28. The van der Waals surface area contributed by atoms with Crippen LogP contribution in [0.1, 0.15) is 29.5 Å². The molecular weight excluding hydrogens is 326 g/mol. The second-order valence-electron chi connectivity index (χ2n) is 6.91. The number of rotatable bonds is 10. The molecule has 1 amide bonds. The molecule has 1 aliphatic carbocycles. The average molecular weight is 353 g/mol. The Bertz CT molecular complexity index is 725. The van der Waals surface area contributed by atoms with Crippen molar-refractivity contribution in [3.8, 4) is 5.75 Å². The minimum atomic E-state index is 0.0103. The Hall–Kier alpha value is -2.33. The van der Waals surface area contributed by atoms with Crippen molar-refractivity contribution in [1.82, 2.24) is 5.32 Å². The smallest absolute Gasteiger partial charge is 0.224 e. The zero-order chi connectivity index (χ0) is 18.2. The van der Waals surface area contributed by atoms with Gasteiger partial charge in [0, 0.05) is 13.2 Å². The van der Waals surface area contributed by atoms with Crippen LogP contribution in [0.15, 0.2) is 48.5 Å². The van der Waals surface area contributed by atoms with E-state index in [9.17, 15) is 4.79 Å². The van der Waals surface area contributed by atoms with Crippen LogP contribution in [0.5, 0.6) is 5.75 Å². The minimum absolute atomic E-state index is 0.0103.